The van der Waals surface area contributed by atoms with Crippen LogP contribution in [0.1, 0.15) is 38.7 Å². The second kappa shape index (κ2) is 5.41. The predicted octanol–water partition coefficient (Wildman–Crippen LogP) is 4.01. The molecule has 17 heavy (non-hydrogen) atoms. The van der Waals surface area contributed by atoms with Crippen LogP contribution < -0.4 is 5.32 Å². The Hall–Kier alpha value is -0.530. The standard InChI is InChI=1S/C15H22ClN/c1-3-12(4-2)9-15(10-17-11-15)13-7-5-6-8-14(13)16/h5-8,12,17H,3-4,9-11H2,1-2H3. The van der Waals surface area contributed by atoms with Crippen LogP contribution in [0.25, 0.3) is 0 Å². The van der Waals surface area contributed by atoms with Crippen molar-refractivity contribution in [1.82, 2.24) is 5.32 Å². The van der Waals surface area contributed by atoms with E-state index in [4.69, 9.17) is 11.6 Å². The smallest absolute Gasteiger partial charge is 0.0444 e. The number of benzene rings is 1. The Balaban J connectivity index is 2.23. The van der Waals surface area contributed by atoms with Gasteiger partial charge in [-0.05, 0) is 24.0 Å². The summed E-state index contributed by atoms with van der Waals surface area (Å²) in [7, 11) is 0. The number of hydrogen-bond donors (Lipinski definition) is 1. The lowest BCUT2D eigenvalue weighted by Gasteiger charge is -2.45. The van der Waals surface area contributed by atoms with E-state index in [0.29, 0.717) is 0 Å². The first-order chi connectivity index (χ1) is 8.22. The summed E-state index contributed by atoms with van der Waals surface area (Å²) in [5.74, 6) is 0.813. The Bertz CT molecular complexity index is 367. The molecule has 0 atom stereocenters. The van der Waals surface area contributed by atoms with Gasteiger partial charge in [-0.2, -0.15) is 0 Å². The Labute approximate surface area is 110 Å². The summed E-state index contributed by atoms with van der Waals surface area (Å²) >= 11 is 6.36. The molecule has 0 radical (unpaired) electrons. The second-order valence-electron chi connectivity index (χ2n) is 5.25. The molecule has 1 N–H and O–H groups in total. The Morgan fingerprint density at radius 2 is 1.88 bits per heavy atom. The molecule has 0 aliphatic carbocycles. The summed E-state index contributed by atoms with van der Waals surface area (Å²) in [5.41, 5.74) is 1.63. The lowest BCUT2D eigenvalue weighted by Crippen LogP contribution is -2.57. The Morgan fingerprint density at radius 3 is 2.35 bits per heavy atom. The molecule has 0 bridgehead atoms. The Morgan fingerprint density at radius 1 is 1.24 bits per heavy atom. The summed E-state index contributed by atoms with van der Waals surface area (Å²) in [5, 5.41) is 4.35. The van der Waals surface area contributed by atoms with Gasteiger partial charge in [-0.3, -0.25) is 0 Å². The van der Waals surface area contributed by atoms with Gasteiger partial charge in [0.15, 0.2) is 0 Å². The average Bonchev–Trinajstić information content (AvgIpc) is 2.30. The van der Waals surface area contributed by atoms with Crippen molar-refractivity contribution < 1.29 is 0 Å². The quantitative estimate of drug-likeness (QED) is 0.834. The van der Waals surface area contributed by atoms with Crippen LogP contribution in [0.4, 0.5) is 0 Å². The predicted molar refractivity (Wildman–Crippen MR) is 74.7 cm³/mol. The highest BCUT2D eigenvalue weighted by Gasteiger charge is 2.40. The van der Waals surface area contributed by atoms with E-state index >= 15 is 0 Å². The van der Waals surface area contributed by atoms with Crippen molar-refractivity contribution in [2.45, 2.75) is 38.5 Å². The van der Waals surface area contributed by atoms with E-state index in [1.54, 1.807) is 0 Å². The molecule has 0 aromatic heterocycles. The highest BCUT2D eigenvalue weighted by atomic mass is 35.5. The minimum atomic E-state index is 0.287. The fraction of sp³-hybridized carbons (Fsp3) is 0.600. The monoisotopic (exact) mass is 251 g/mol. The summed E-state index contributed by atoms with van der Waals surface area (Å²) in [6.07, 6.45) is 3.79. The van der Waals surface area contributed by atoms with Crippen molar-refractivity contribution in [3.8, 4) is 0 Å². The van der Waals surface area contributed by atoms with Crippen LogP contribution in [0.3, 0.4) is 0 Å². The minimum absolute atomic E-state index is 0.287. The zero-order chi connectivity index (χ0) is 12.3. The third-order valence-corrected chi connectivity index (χ3v) is 4.54. The summed E-state index contributed by atoms with van der Waals surface area (Å²) in [6, 6.07) is 8.34. The molecule has 1 aromatic rings. The highest BCUT2D eigenvalue weighted by molar-refractivity contribution is 6.31. The van der Waals surface area contributed by atoms with Crippen molar-refractivity contribution in [2.75, 3.05) is 13.1 Å². The maximum Gasteiger partial charge on any atom is 0.0444 e. The van der Waals surface area contributed by atoms with Crippen molar-refractivity contribution in [3.63, 3.8) is 0 Å². The number of halogens is 1. The summed E-state index contributed by atoms with van der Waals surface area (Å²) < 4.78 is 0. The topological polar surface area (TPSA) is 12.0 Å². The van der Waals surface area contributed by atoms with E-state index in [0.717, 1.165) is 24.0 Å². The molecule has 1 aliphatic rings. The average molecular weight is 252 g/mol. The molecule has 1 heterocycles. The molecule has 1 aliphatic heterocycles. The van der Waals surface area contributed by atoms with Crippen molar-refractivity contribution >= 4 is 11.6 Å². The normalized spacial score (nSPS) is 18.1. The maximum atomic E-state index is 6.36. The third kappa shape index (κ3) is 2.51. The molecule has 1 nitrogen and oxygen atoms in total. The Kier molecular flexibility index (Phi) is 4.11. The highest BCUT2D eigenvalue weighted by Crippen LogP contribution is 2.40. The van der Waals surface area contributed by atoms with E-state index in [1.165, 1.54) is 24.8 Å². The fourth-order valence-electron chi connectivity index (χ4n) is 2.89. The first-order valence-corrected chi connectivity index (χ1v) is 7.05. The van der Waals surface area contributed by atoms with Gasteiger partial charge < -0.3 is 5.32 Å². The van der Waals surface area contributed by atoms with Crippen LogP contribution in [0.2, 0.25) is 5.02 Å². The van der Waals surface area contributed by atoms with Gasteiger partial charge >= 0.3 is 0 Å². The number of nitrogens with one attached hydrogen (secondary N) is 1. The summed E-state index contributed by atoms with van der Waals surface area (Å²) in [4.78, 5) is 0. The first-order valence-electron chi connectivity index (χ1n) is 6.67. The van der Waals surface area contributed by atoms with Gasteiger partial charge in [0.2, 0.25) is 0 Å². The molecule has 94 valence electrons. The van der Waals surface area contributed by atoms with E-state index < -0.39 is 0 Å². The van der Waals surface area contributed by atoms with Gasteiger partial charge in [0.05, 0.1) is 0 Å². The molecule has 0 amide bonds. The van der Waals surface area contributed by atoms with Crippen molar-refractivity contribution in [1.29, 1.82) is 0 Å². The number of hydrogen-bond acceptors (Lipinski definition) is 1. The van der Waals surface area contributed by atoms with E-state index in [1.807, 2.05) is 12.1 Å². The van der Waals surface area contributed by atoms with E-state index in [9.17, 15) is 0 Å². The van der Waals surface area contributed by atoms with Gasteiger partial charge in [0.1, 0.15) is 0 Å². The zero-order valence-corrected chi connectivity index (χ0v) is 11.6. The molecule has 1 fully saturated rings. The van der Waals surface area contributed by atoms with Gasteiger partial charge in [0, 0.05) is 23.5 Å². The van der Waals surface area contributed by atoms with E-state index in [2.05, 4.69) is 31.3 Å². The first kappa shape index (κ1) is 12.9. The van der Waals surface area contributed by atoms with E-state index in [-0.39, 0.29) is 5.41 Å². The SMILES string of the molecule is CCC(CC)CC1(c2ccccc2Cl)CNC1. The lowest BCUT2D eigenvalue weighted by atomic mass is 9.68. The molecule has 0 spiro atoms. The van der Waals surface area contributed by atoms with Crippen molar-refractivity contribution in [3.05, 3.63) is 34.9 Å². The largest absolute Gasteiger partial charge is 0.315 e. The van der Waals surface area contributed by atoms with Gasteiger partial charge in [0.25, 0.3) is 0 Å². The van der Waals surface area contributed by atoms with Gasteiger partial charge in [-0.1, -0.05) is 56.5 Å². The molecule has 2 heteroatoms. The molecule has 0 unspecified atom stereocenters. The van der Waals surface area contributed by atoms with Crippen LogP contribution in [-0.4, -0.2) is 13.1 Å². The maximum absolute atomic E-state index is 6.36. The lowest BCUT2D eigenvalue weighted by molar-refractivity contribution is 0.211. The van der Waals surface area contributed by atoms with Crippen LogP contribution in [0.15, 0.2) is 24.3 Å². The van der Waals surface area contributed by atoms with Crippen LogP contribution >= 0.6 is 11.6 Å². The number of rotatable bonds is 5. The summed E-state index contributed by atoms with van der Waals surface area (Å²) in [6.45, 7) is 6.74. The minimum Gasteiger partial charge on any atom is -0.315 e. The molecule has 2 rings (SSSR count). The molecule has 0 saturated carbocycles. The molecular weight excluding hydrogens is 230 g/mol. The second-order valence-corrected chi connectivity index (χ2v) is 5.66. The molecular formula is C15H22ClN. The fourth-order valence-corrected chi connectivity index (χ4v) is 3.23. The van der Waals surface area contributed by atoms with Crippen molar-refractivity contribution in [2.24, 2.45) is 5.92 Å². The van der Waals surface area contributed by atoms with Gasteiger partial charge in [-0.15, -0.1) is 0 Å². The molecule has 1 saturated heterocycles. The zero-order valence-electron chi connectivity index (χ0n) is 10.8. The van der Waals surface area contributed by atoms with Crippen LogP contribution in [0.5, 0.6) is 0 Å². The third-order valence-electron chi connectivity index (χ3n) is 4.21. The van der Waals surface area contributed by atoms with Crippen LogP contribution in [0, 0.1) is 5.92 Å². The van der Waals surface area contributed by atoms with Crippen LogP contribution in [-0.2, 0) is 5.41 Å². The molecule has 1 aromatic carbocycles. The van der Waals surface area contributed by atoms with Gasteiger partial charge in [-0.25, -0.2) is 0 Å².